The third kappa shape index (κ3) is 6.09. The highest BCUT2D eigenvalue weighted by atomic mass is 32.2. The number of H-pyrrole nitrogens is 1. The second-order valence-corrected chi connectivity index (χ2v) is 6.12. The standard InChI is InChI=1S/C15H13F3N4O4S/c16-15(17,18)8-3-1-2-4-9(8)19-11(23)7-27-14-20-13(26)10(21-22-14)5-6-12(24)25/h1-4H,5-7H2,(H,19,23)(H,24,25)(H,20,22,26)/p-1. The van der Waals surface area contributed by atoms with E-state index in [-0.39, 0.29) is 28.7 Å². The number of aliphatic carboxylic acids is 1. The van der Waals surface area contributed by atoms with Gasteiger partial charge in [0.05, 0.1) is 17.0 Å². The number of hydrogen-bond donors (Lipinski definition) is 2. The summed E-state index contributed by atoms with van der Waals surface area (Å²) in [5, 5.41) is 19.7. The van der Waals surface area contributed by atoms with E-state index >= 15 is 0 Å². The summed E-state index contributed by atoms with van der Waals surface area (Å²) >= 11 is 0.757. The molecule has 144 valence electrons. The molecule has 0 aliphatic heterocycles. The first-order valence-corrected chi connectivity index (χ1v) is 8.40. The molecule has 0 aliphatic carbocycles. The number of nitrogens with zero attached hydrogens (tertiary/aromatic N) is 2. The number of benzene rings is 1. The van der Waals surface area contributed by atoms with Gasteiger partial charge in [0.25, 0.3) is 5.56 Å². The second kappa shape index (κ2) is 8.66. The van der Waals surface area contributed by atoms with Crippen LogP contribution in [0.15, 0.2) is 34.2 Å². The fourth-order valence-electron chi connectivity index (χ4n) is 1.95. The van der Waals surface area contributed by atoms with Gasteiger partial charge < -0.3 is 15.2 Å². The average Bonchev–Trinajstić information content (AvgIpc) is 2.58. The van der Waals surface area contributed by atoms with Crippen molar-refractivity contribution in [1.82, 2.24) is 15.2 Å². The predicted molar refractivity (Wildman–Crippen MR) is 86.8 cm³/mol. The van der Waals surface area contributed by atoms with Crippen LogP contribution in [0.3, 0.4) is 0 Å². The number of anilines is 1. The molecular weight excluding hydrogens is 389 g/mol. The van der Waals surface area contributed by atoms with Crippen LogP contribution in [-0.4, -0.2) is 32.8 Å². The molecular formula is C15H12F3N4O4S-. The number of carboxylic acid groups (broad SMARTS) is 1. The Hall–Kier alpha value is -2.89. The third-order valence-corrected chi connectivity index (χ3v) is 4.02. The maximum Gasteiger partial charge on any atom is 0.418 e. The Kier molecular flexibility index (Phi) is 6.55. The van der Waals surface area contributed by atoms with E-state index in [2.05, 4.69) is 20.5 Å². The number of aromatic amines is 1. The second-order valence-electron chi connectivity index (χ2n) is 5.16. The molecule has 1 heterocycles. The van der Waals surface area contributed by atoms with Gasteiger partial charge >= 0.3 is 6.18 Å². The number of halogens is 3. The fourth-order valence-corrected chi connectivity index (χ4v) is 2.56. The van der Waals surface area contributed by atoms with Crippen LogP contribution in [-0.2, 0) is 22.2 Å². The molecule has 0 atom stereocenters. The van der Waals surface area contributed by atoms with Crippen LogP contribution in [0, 0.1) is 0 Å². The summed E-state index contributed by atoms with van der Waals surface area (Å²) in [6, 6.07) is 4.53. The molecule has 2 N–H and O–H groups in total. The molecule has 0 unspecified atom stereocenters. The molecule has 2 rings (SSSR count). The minimum absolute atomic E-state index is 0.0311. The van der Waals surface area contributed by atoms with Crippen molar-refractivity contribution < 1.29 is 27.9 Å². The van der Waals surface area contributed by atoms with E-state index in [1.807, 2.05) is 0 Å². The first-order chi connectivity index (χ1) is 12.7. The largest absolute Gasteiger partial charge is 0.550 e. The van der Waals surface area contributed by atoms with Gasteiger partial charge in [-0.05, 0) is 18.6 Å². The van der Waals surface area contributed by atoms with Crippen molar-refractivity contribution >= 4 is 29.3 Å². The van der Waals surface area contributed by atoms with Crippen molar-refractivity contribution in [3.63, 3.8) is 0 Å². The Labute approximate surface area is 154 Å². The molecule has 0 bridgehead atoms. The number of rotatable bonds is 7. The molecule has 12 heteroatoms. The quantitative estimate of drug-likeness (QED) is 0.650. The lowest BCUT2D eigenvalue weighted by atomic mass is 10.1. The lowest BCUT2D eigenvalue weighted by molar-refractivity contribution is -0.305. The Morgan fingerprint density at radius 1 is 1.22 bits per heavy atom. The first kappa shape index (κ1) is 20.4. The lowest BCUT2D eigenvalue weighted by Crippen LogP contribution is -2.25. The summed E-state index contributed by atoms with van der Waals surface area (Å²) in [6.45, 7) is 0. The number of nitrogens with one attached hydrogen (secondary N) is 2. The van der Waals surface area contributed by atoms with Crippen molar-refractivity contribution in [2.45, 2.75) is 24.2 Å². The smallest absolute Gasteiger partial charge is 0.418 e. The molecule has 0 radical (unpaired) electrons. The molecule has 1 aromatic heterocycles. The zero-order valence-corrected chi connectivity index (χ0v) is 14.3. The number of aromatic nitrogens is 3. The van der Waals surface area contributed by atoms with Crippen molar-refractivity contribution in [3.05, 3.63) is 45.9 Å². The summed E-state index contributed by atoms with van der Waals surface area (Å²) in [5.41, 5.74) is -2.13. The molecule has 0 saturated carbocycles. The van der Waals surface area contributed by atoms with Gasteiger partial charge in [0.2, 0.25) is 5.91 Å². The van der Waals surface area contributed by atoms with Gasteiger partial charge in [-0.3, -0.25) is 14.6 Å². The van der Waals surface area contributed by atoms with E-state index in [4.69, 9.17) is 0 Å². The number of amides is 1. The van der Waals surface area contributed by atoms with Gasteiger partial charge in [-0.25, -0.2) is 0 Å². The molecule has 0 fully saturated rings. The maximum absolute atomic E-state index is 12.9. The number of carboxylic acids is 1. The summed E-state index contributed by atoms with van der Waals surface area (Å²) in [4.78, 5) is 36.3. The van der Waals surface area contributed by atoms with Crippen molar-refractivity contribution in [3.8, 4) is 0 Å². The van der Waals surface area contributed by atoms with E-state index in [9.17, 15) is 32.7 Å². The highest BCUT2D eigenvalue weighted by molar-refractivity contribution is 7.99. The number of thioether (sulfide) groups is 1. The Bertz CT molecular complexity index is 901. The van der Waals surface area contributed by atoms with Crippen LogP contribution < -0.4 is 16.0 Å². The van der Waals surface area contributed by atoms with Gasteiger partial charge in [-0.1, -0.05) is 23.9 Å². The zero-order valence-electron chi connectivity index (χ0n) is 13.5. The Morgan fingerprint density at radius 3 is 2.56 bits per heavy atom. The monoisotopic (exact) mass is 401 g/mol. The Balaban J connectivity index is 1.98. The Morgan fingerprint density at radius 2 is 1.93 bits per heavy atom. The van der Waals surface area contributed by atoms with Crippen LogP contribution in [0.2, 0.25) is 0 Å². The van der Waals surface area contributed by atoms with Crippen molar-refractivity contribution in [2.24, 2.45) is 0 Å². The zero-order chi connectivity index (χ0) is 20.0. The van der Waals surface area contributed by atoms with Crippen LogP contribution in [0.1, 0.15) is 17.7 Å². The summed E-state index contributed by atoms with van der Waals surface area (Å²) in [6.07, 6.45) is -5.18. The van der Waals surface area contributed by atoms with Crippen LogP contribution >= 0.6 is 11.8 Å². The highest BCUT2D eigenvalue weighted by Crippen LogP contribution is 2.34. The lowest BCUT2D eigenvalue weighted by Gasteiger charge is -2.13. The van der Waals surface area contributed by atoms with E-state index in [1.165, 1.54) is 12.1 Å². The predicted octanol–water partition coefficient (Wildman–Crippen LogP) is 0.597. The van der Waals surface area contributed by atoms with Crippen molar-refractivity contribution in [2.75, 3.05) is 11.1 Å². The molecule has 2 aromatic rings. The minimum Gasteiger partial charge on any atom is -0.550 e. The topological polar surface area (TPSA) is 128 Å². The number of aryl methyl sites for hydroxylation is 1. The summed E-state index contributed by atoms with van der Waals surface area (Å²) in [7, 11) is 0. The number of para-hydroxylation sites is 1. The molecule has 0 aliphatic rings. The minimum atomic E-state index is -4.62. The molecule has 1 amide bonds. The average molecular weight is 401 g/mol. The fraction of sp³-hybridized carbons (Fsp3) is 0.267. The maximum atomic E-state index is 12.9. The third-order valence-electron chi connectivity index (χ3n) is 3.16. The molecule has 8 nitrogen and oxygen atoms in total. The normalized spacial score (nSPS) is 11.2. The number of carbonyl (C=O) groups is 2. The van der Waals surface area contributed by atoms with Crippen LogP contribution in [0.25, 0.3) is 0 Å². The summed E-state index contributed by atoms with van der Waals surface area (Å²) in [5.74, 6) is -2.40. The van der Waals surface area contributed by atoms with Gasteiger partial charge in [0.1, 0.15) is 5.69 Å². The molecule has 0 saturated heterocycles. The SMILES string of the molecule is O=C([O-])CCc1nnc(SCC(=O)Nc2ccccc2C(F)(F)F)[nH]c1=O. The van der Waals surface area contributed by atoms with Crippen LogP contribution in [0.4, 0.5) is 18.9 Å². The molecule has 27 heavy (non-hydrogen) atoms. The van der Waals surface area contributed by atoms with Gasteiger partial charge in [0, 0.05) is 12.4 Å². The van der Waals surface area contributed by atoms with E-state index in [0.29, 0.717) is 0 Å². The molecule has 0 spiro atoms. The number of alkyl halides is 3. The van der Waals surface area contributed by atoms with Gasteiger partial charge in [0.15, 0.2) is 5.16 Å². The van der Waals surface area contributed by atoms with E-state index in [0.717, 1.165) is 23.9 Å². The van der Waals surface area contributed by atoms with E-state index in [1.54, 1.807) is 0 Å². The summed E-state index contributed by atoms with van der Waals surface area (Å²) < 4.78 is 38.7. The van der Waals surface area contributed by atoms with Crippen LogP contribution in [0.5, 0.6) is 0 Å². The molecule has 1 aromatic carbocycles. The number of hydrogen-bond acceptors (Lipinski definition) is 7. The first-order valence-electron chi connectivity index (χ1n) is 7.41. The van der Waals surface area contributed by atoms with E-state index < -0.39 is 35.6 Å². The van der Waals surface area contributed by atoms with Gasteiger partial charge in [-0.2, -0.15) is 13.2 Å². The van der Waals surface area contributed by atoms with Gasteiger partial charge in [-0.15, -0.1) is 10.2 Å². The highest BCUT2D eigenvalue weighted by Gasteiger charge is 2.33. The number of carbonyl (C=O) groups excluding carboxylic acids is 2. The van der Waals surface area contributed by atoms with Crippen molar-refractivity contribution in [1.29, 1.82) is 0 Å².